The maximum Gasteiger partial charge on any atom is 0.307 e. The van der Waals surface area contributed by atoms with Gasteiger partial charge in [-0.25, -0.2) is 0 Å². The molecule has 1 aromatic rings. The third kappa shape index (κ3) is 3.56. The van der Waals surface area contributed by atoms with Crippen LogP contribution in [0.5, 0.6) is 0 Å². The number of amides is 1. The van der Waals surface area contributed by atoms with Gasteiger partial charge in [0.1, 0.15) is 0 Å². The second-order valence-electron chi connectivity index (χ2n) is 4.67. The molecular weight excluding hydrogens is 262 g/mol. The maximum absolute atomic E-state index is 12.4. The second kappa shape index (κ2) is 6.70. The Hall–Kier alpha value is -1.36. The number of rotatable bonds is 4. The van der Waals surface area contributed by atoms with Crippen molar-refractivity contribution < 1.29 is 14.3 Å². The molecule has 0 spiro atoms. The molecule has 0 aliphatic carbocycles. The lowest BCUT2D eigenvalue weighted by atomic mass is 9.98. The lowest BCUT2D eigenvalue weighted by Crippen LogP contribution is -2.44. The van der Waals surface area contributed by atoms with Crippen molar-refractivity contribution in [3.05, 3.63) is 22.4 Å². The highest BCUT2D eigenvalue weighted by Gasteiger charge is 2.29. The summed E-state index contributed by atoms with van der Waals surface area (Å²) < 4.78 is 4.99. The fourth-order valence-corrected chi connectivity index (χ4v) is 3.07. The normalized spacial score (nSPS) is 19.2. The summed E-state index contributed by atoms with van der Waals surface area (Å²) in [6, 6.07) is 1.82. The Labute approximate surface area is 117 Å². The number of ether oxygens (including phenoxy) is 1. The number of piperidine rings is 1. The van der Waals surface area contributed by atoms with Crippen molar-refractivity contribution in [2.75, 3.05) is 13.2 Å². The SMILES string of the molecule is CCOC(=O)C[C@@H]1CCCCN1C(=O)c1ccsc1. The molecule has 2 heterocycles. The minimum atomic E-state index is -0.211. The Bertz CT molecular complexity index is 430. The van der Waals surface area contributed by atoms with Crippen LogP contribution in [0.4, 0.5) is 0 Å². The zero-order chi connectivity index (χ0) is 13.7. The molecule has 1 aliphatic heterocycles. The number of hydrogen-bond donors (Lipinski definition) is 0. The minimum absolute atomic E-state index is 0.0137. The predicted octanol–water partition coefficient (Wildman–Crippen LogP) is 2.70. The molecule has 4 nitrogen and oxygen atoms in total. The van der Waals surface area contributed by atoms with E-state index in [9.17, 15) is 9.59 Å². The molecule has 1 aromatic heterocycles. The summed E-state index contributed by atoms with van der Waals surface area (Å²) in [6.45, 7) is 2.93. The quantitative estimate of drug-likeness (QED) is 0.797. The van der Waals surface area contributed by atoms with Crippen molar-refractivity contribution in [1.82, 2.24) is 4.90 Å². The van der Waals surface area contributed by atoms with Crippen LogP contribution in [0, 0.1) is 0 Å². The van der Waals surface area contributed by atoms with Gasteiger partial charge in [-0.1, -0.05) is 0 Å². The summed E-state index contributed by atoms with van der Waals surface area (Å²) in [6.07, 6.45) is 3.27. The van der Waals surface area contributed by atoms with Crippen molar-refractivity contribution >= 4 is 23.2 Å². The third-order valence-electron chi connectivity index (χ3n) is 3.36. The highest BCUT2D eigenvalue weighted by Crippen LogP contribution is 2.23. The molecule has 0 bridgehead atoms. The summed E-state index contributed by atoms with van der Waals surface area (Å²) in [5.41, 5.74) is 0.723. The van der Waals surface area contributed by atoms with Gasteiger partial charge in [0.15, 0.2) is 0 Å². The van der Waals surface area contributed by atoms with E-state index in [2.05, 4.69) is 0 Å². The molecule has 1 atom stereocenters. The molecule has 2 rings (SSSR count). The number of carbonyl (C=O) groups is 2. The van der Waals surface area contributed by atoms with Gasteiger partial charge in [0.2, 0.25) is 0 Å². The van der Waals surface area contributed by atoms with Crippen LogP contribution < -0.4 is 0 Å². The van der Waals surface area contributed by atoms with Crippen molar-refractivity contribution in [3.8, 4) is 0 Å². The van der Waals surface area contributed by atoms with Crippen LogP contribution in [-0.2, 0) is 9.53 Å². The number of esters is 1. The molecule has 0 radical (unpaired) electrons. The van der Waals surface area contributed by atoms with E-state index >= 15 is 0 Å². The van der Waals surface area contributed by atoms with E-state index in [4.69, 9.17) is 4.74 Å². The fourth-order valence-electron chi connectivity index (χ4n) is 2.44. The van der Waals surface area contributed by atoms with E-state index in [1.807, 2.05) is 21.7 Å². The number of carbonyl (C=O) groups excluding carboxylic acids is 2. The first-order valence-corrected chi connectivity index (χ1v) is 7.65. The van der Waals surface area contributed by atoms with Gasteiger partial charge in [-0.05, 0) is 37.6 Å². The average molecular weight is 281 g/mol. The van der Waals surface area contributed by atoms with Crippen LogP contribution in [-0.4, -0.2) is 36.0 Å². The molecule has 5 heteroatoms. The van der Waals surface area contributed by atoms with E-state index < -0.39 is 0 Å². The van der Waals surface area contributed by atoms with E-state index in [0.29, 0.717) is 13.0 Å². The van der Waals surface area contributed by atoms with E-state index in [-0.39, 0.29) is 17.9 Å². The molecule has 0 saturated carbocycles. The summed E-state index contributed by atoms with van der Waals surface area (Å²) >= 11 is 1.52. The second-order valence-corrected chi connectivity index (χ2v) is 5.45. The summed E-state index contributed by atoms with van der Waals surface area (Å²) in [7, 11) is 0. The third-order valence-corrected chi connectivity index (χ3v) is 4.05. The fraction of sp³-hybridized carbons (Fsp3) is 0.571. The molecule has 0 N–H and O–H groups in total. The molecule has 1 amide bonds. The van der Waals surface area contributed by atoms with Crippen molar-refractivity contribution in [1.29, 1.82) is 0 Å². The van der Waals surface area contributed by atoms with Crippen LogP contribution in [0.3, 0.4) is 0 Å². The van der Waals surface area contributed by atoms with Crippen molar-refractivity contribution in [2.45, 2.75) is 38.6 Å². The summed E-state index contributed by atoms with van der Waals surface area (Å²) in [5.74, 6) is -0.173. The van der Waals surface area contributed by atoms with Gasteiger partial charge >= 0.3 is 5.97 Å². The largest absolute Gasteiger partial charge is 0.466 e. The Morgan fingerprint density at radius 2 is 2.32 bits per heavy atom. The monoisotopic (exact) mass is 281 g/mol. The molecule has 0 unspecified atom stereocenters. The Kier molecular flexibility index (Phi) is 4.96. The predicted molar refractivity (Wildman–Crippen MR) is 74.2 cm³/mol. The van der Waals surface area contributed by atoms with Gasteiger partial charge < -0.3 is 9.64 Å². The molecule has 0 aromatic carbocycles. The highest BCUT2D eigenvalue weighted by atomic mass is 32.1. The van der Waals surface area contributed by atoms with Gasteiger partial charge in [0, 0.05) is 18.0 Å². The zero-order valence-electron chi connectivity index (χ0n) is 11.1. The number of hydrogen-bond acceptors (Lipinski definition) is 4. The number of likely N-dealkylation sites (tertiary alicyclic amines) is 1. The van der Waals surface area contributed by atoms with Crippen LogP contribution in [0.2, 0.25) is 0 Å². The Balaban J connectivity index is 2.03. The first-order chi connectivity index (χ1) is 9.22. The van der Waals surface area contributed by atoms with Gasteiger partial charge in [-0.15, -0.1) is 0 Å². The molecular formula is C14H19NO3S. The topological polar surface area (TPSA) is 46.6 Å². The van der Waals surface area contributed by atoms with E-state index in [1.54, 1.807) is 6.92 Å². The summed E-state index contributed by atoms with van der Waals surface area (Å²) in [4.78, 5) is 25.8. The molecule has 1 saturated heterocycles. The molecule has 19 heavy (non-hydrogen) atoms. The standard InChI is InChI=1S/C14H19NO3S/c1-2-18-13(16)9-12-5-3-4-7-15(12)14(17)11-6-8-19-10-11/h6,8,10,12H,2-5,7,9H2,1H3/t12-/m0/s1. The van der Waals surface area contributed by atoms with E-state index in [0.717, 1.165) is 31.4 Å². The van der Waals surface area contributed by atoms with Crippen LogP contribution in [0.1, 0.15) is 43.0 Å². The lowest BCUT2D eigenvalue weighted by Gasteiger charge is -2.35. The van der Waals surface area contributed by atoms with Gasteiger partial charge in [0.05, 0.1) is 18.6 Å². The Morgan fingerprint density at radius 3 is 3.00 bits per heavy atom. The van der Waals surface area contributed by atoms with E-state index in [1.165, 1.54) is 11.3 Å². The van der Waals surface area contributed by atoms with Gasteiger partial charge in [0.25, 0.3) is 5.91 Å². The Morgan fingerprint density at radius 1 is 1.47 bits per heavy atom. The highest BCUT2D eigenvalue weighted by molar-refractivity contribution is 7.08. The first-order valence-electron chi connectivity index (χ1n) is 6.71. The molecule has 104 valence electrons. The average Bonchev–Trinajstić information content (AvgIpc) is 2.93. The van der Waals surface area contributed by atoms with Crippen molar-refractivity contribution in [2.24, 2.45) is 0 Å². The van der Waals surface area contributed by atoms with Crippen LogP contribution in [0.15, 0.2) is 16.8 Å². The van der Waals surface area contributed by atoms with Crippen LogP contribution >= 0.6 is 11.3 Å². The minimum Gasteiger partial charge on any atom is -0.466 e. The van der Waals surface area contributed by atoms with Crippen LogP contribution in [0.25, 0.3) is 0 Å². The van der Waals surface area contributed by atoms with Gasteiger partial charge in [-0.3, -0.25) is 9.59 Å². The number of nitrogens with zero attached hydrogens (tertiary/aromatic N) is 1. The molecule has 1 aliphatic rings. The number of thiophene rings is 1. The van der Waals surface area contributed by atoms with Crippen molar-refractivity contribution in [3.63, 3.8) is 0 Å². The smallest absolute Gasteiger partial charge is 0.307 e. The first kappa shape index (κ1) is 14.1. The lowest BCUT2D eigenvalue weighted by molar-refractivity contribution is -0.144. The maximum atomic E-state index is 12.4. The zero-order valence-corrected chi connectivity index (χ0v) is 11.9. The summed E-state index contributed by atoms with van der Waals surface area (Å²) in [5, 5.41) is 3.76. The molecule has 1 fully saturated rings. The van der Waals surface area contributed by atoms with Gasteiger partial charge in [-0.2, -0.15) is 11.3 Å².